The van der Waals surface area contributed by atoms with Crippen LogP contribution in [0.2, 0.25) is 0 Å². The molecule has 0 aliphatic rings. The summed E-state index contributed by atoms with van der Waals surface area (Å²) in [5.41, 5.74) is 5.17. The molecule has 0 atom stereocenters. The van der Waals surface area contributed by atoms with Crippen molar-refractivity contribution in [3.05, 3.63) is 46.1 Å². The Bertz CT molecular complexity index is 731. The van der Waals surface area contributed by atoms with Crippen LogP contribution in [0.15, 0.2) is 34.9 Å². The summed E-state index contributed by atoms with van der Waals surface area (Å²) in [5.74, 6) is 0.849. The van der Waals surface area contributed by atoms with Gasteiger partial charge in [0.2, 0.25) is 0 Å². The normalized spacial score (nSPS) is 11.1. The maximum atomic E-state index is 4.55. The van der Waals surface area contributed by atoms with Crippen molar-refractivity contribution in [2.45, 2.75) is 13.8 Å². The quantitative estimate of drug-likeness (QED) is 0.738. The van der Waals surface area contributed by atoms with Crippen LogP contribution in [0.25, 0.3) is 22.6 Å². The SMILES string of the molecule is Cc1cccc(-c2nc3nccc(C)c3[nH]2)c1Br. The highest BCUT2D eigenvalue weighted by atomic mass is 79.9. The maximum absolute atomic E-state index is 4.55. The molecule has 2 heterocycles. The van der Waals surface area contributed by atoms with Crippen molar-refractivity contribution < 1.29 is 0 Å². The van der Waals surface area contributed by atoms with Crippen LogP contribution in [0.5, 0.6) is 0 Å². The van der Waals surface area contributed by atoms with Gasteiger partial charge in [-0.3, -0.25) is 0 Å². The highest BCUT2D eigenvalue weighted by Crippen LogP contribution is 2.30. The monoisotopic (exact) mass is 301 g/mol. The standard InChI is InChI=1S/C14H12BrN3/c1-8-4-3-5-10(11(8)15)13-17-12-9(2)6-7-16-14(12)18-13/h3-7H,1-2H3,(H,16,17,18). The molecule has 0 fully saturated rings. The molecule has 3 aromatic rings. The van der Waals surface area contributed by atoms with Crippen molar-refractivity contribution in [1.29, 1.82) is 0 Å². The minimum Gasteiger partial charge on any atom is -0.336 e. The van der Waals surface area contributed by atoms with Crippen LogP contribution in [-0.2, 0) is 0 Å². The first kappa shape index (κ1) is 11.4. The van der Waals surface area contributed by atoms with E-state index in [1.807, 2.05) is 18.2 Å². The summed E-state index contributed by atoms with van der Waals surface area (Å²) >= 11 is 3.61. The Kier molecular flexibility index (Phi) is 2.67. The number of halogens is 1. The number of nitrogens with one attached hydrogen (secondary N) is 1. The van der Waals surface area contributed by atoms with E-state index in [0.29, 0.717) is 0 Å². The molecular formula is C14H12BrN3. The molecule has 3 nitrogen and oxygen atoms in total. The number of rotatable bonds is 1. The van der Waals surface area contributed by atoms with E-state index < -0.39 is 0 Å². The topological polar surface area (TPSA) is 41.6 Å². The molecular weight excluding hydrogens is 290 g/mol. The van der Waals surface area contributed by atoms with E-state index in [0.717, 1.165) is 32.6 Å². The largest absolute Gasteiger partial charge is 0.336 e. The molecule has 1 N–H and O–H groups in total. The average Bonchev–Trinajstić information content (AvgIpc) is 2.78. The molecule has 0 radical (unpaired) electrons. The molecule has 0 spiro atoms. The first-order chi connectivity index (χ1) is 8.66. The molecule has 0 saturated carbocycles. The van der Waals surface area contributed by atoms with Crippen LogP contribution in [0.4, 0.5) is 0 Å². The van der Waals surface area contributed by atoms with E-state index in [4.69, 9.17) is 0 Å². The Morgan fingerprint density at radius 2 is 1.94 bits per heavy atom. The Balaban J connectivity index is 2.26. The Morgan fingerprint density at radius 3 is 2.72 bits per heavy atom. The van der Waals surface area contributed by atoms with Gasteiger partial charge in [0.25, 0.3) is 0 Å². The minimum atomic E-state index is 0.762. The lowest BCUT2D eigenvalue weighted by molar-refractivity contribution is 1.28. The summed E-state index contributed by atoms with van der Waals surface area (Å²) in [7, 11) is 0. The Hall–Kier alpha value is -1.68. The number of pyridine rings is 1. The van der Waals surface area contributed by atoms with Gasteiger partial charge in [0, 0.05) is 16.2 Å². The number of fused-ring (bicyclic) bond motifs is 1. The van der Waals surface area contributed by atoms with Crippen molar-refractivity contribution >= 4 is 27.1 Å². The summed E-state index contributed by atoms with van der Waals surface area (Å²) < 4.78 is 1.07. The summed E-state index contributed by atoms with van der Waals surface area (Å²) in [6.07, 6.45) is 1.79. The molecule has 0 saturated heterocycles. The van der Waals surface area contributed by atoms with Crippen molar-refractivity contribution in [3.8, 4) is 11.4 Å². The predicted molar refractivity (Wildman–Crippen MR) is 76.5 cm³/mol. The van der Waals surface area contributed by atoms with E-state index in [1.165, 1.54) is 5.56 Å². The van der Waals surface area contributed by atoms with Gasteiger partial charge in [0.1, 0.15) is 5.82 Å². The van der Waals surface area contributed by atoms with Gasteiger partial charge >= 0.3 is 0 Å². The second kappa shape index (κ2) is 4.21. The summed E-state index contributed by atoms with van der Waals surface area (Å²) in [6, 6.07) is 8.13. The van der Waals surface area contributed by atoms with E-state index >= 15 is 0 Å². The summed E-state index contributed by atoms with van der Waals surface area (Å²) in [5, 5.41) is 0. The zero-order chi connectivity index (χ0) is 12.7. The van der Waals surface area contributed by atoms with Crippen LogP contribution in [0.3, 0.4) is 0 Å². The third-order valence-corrected chi connectivity index (χ3v) is 4.10. The number of H-pyrrole nitrogens is 1. The third-order valence-electron chi connectivity index (χ3n) is 3.05. The number of nitrogens with zero attached hydrogens (tertiary/aromatic N) is 2. The second-order valence-electron chi connectivity index (χ2n) is 4.35. The fourth-order valence-electron chi connectivity index (χ4n) is 1.99. The zero-order valence-electron chi connectivity index (χ0n) is 10.2. The van der Waals surface area contributed by atoms with Gasteiger partial charge in [-0.05, 0) is 47.0 Å². The van der Waals surface area contributed by atoms with Crippen molar-refractivity contribution in [2.75, 3.05) is 0 Å². The average molecular weight is 302 g/mol. The second-order valence-corrected chi connectivity index (χ2v) is 5.14. The van der Waals surface area contributed by atoms with Crippen molar-refractivity contribution in [1.82, 2.24) is 15.0 Å². The van der Waals surface area contributed by atoms with Gasteiger partial charge in [0.15, 0.2) is 5.65 Å². The van der Waals surface area contributed by atoms with Crippen LogP contribution < -0.4 is 0 Å². The smallest absolute Gasteiger partial charge is 0.178 e. The number of hydrogen-bond donors (Lipinski definition) is 1. The van der Waals surface area contributed by atoms with Crippen molar-refractivity contribution in [3.63, 3.8) is 0 Å². The molecule has 0 amide bonds. The molecule has 2 aromatic heterocycles. The lowest BCUT2D eigenvalue weighted by atomic mass is 10.1. The highest BCUT2D eigenvalue weighted by Gasteiger charge is 2.11. The maximum Gasteiger partial charge on any atom is 0.178 e. The van der Waals surface area contributed by atoms with Gasteiger partial charge in [-0.15, -0.1) is 0 Å². The van der Waals surface area contributed by atoms with E-state index in [-0.39, 0.29) is 0 Å². The fourth-order valence-corrected chi connectivity index (χ4v) is 2.45. The minimum absolute atomic E-state index is 0.762. The van der Waals surface area contributed by atoms with E-state index in [9.17, 15) is 0 Å². The third kappa shape index (κ3) is 1.73. The van der Waals surface area contributed by atoms with Gasteiger partial charge in [-0.2, -0.15) is 0 Å². The first-order valence-electron chi connectivity index (χ1n) is 5.73. The van der Waals surface area contributed by atoms with Crippen LogP contribution >= 0.6 is 15.9 Å². The predicted octanol–water partition coefficient (Wildman–Crippen LogP) is 4.00. The van der Waals surface area contributed by atoms with Crippen LogP contribution in [0, 0.1) is 13.8 Å². The number of imidazole rings is 1. The first-order valence-corrected chi connectivity index (χ1v) is 6.53. The molecule has 0 aliphatic heterocycles. The number of hydrogen-bond acceptors (Lipinski definition) is 2. The van der Waals surface area contributed by atoms with Gasteiger partial charge in [-0.1, -0.05) is 18.2 Å². The van der Waals surface area contributed by atoms with Crippen molar-refractivity contribution in [2.24, 2.45) is 0 Å². The van der Waals surface area contributed by atoms with Gasteiger partial charge in [0.05, 0.1) is 5.52 Å². The molecule has 90 valence electrons. The Labute approximate surface area is 113 Å². The summed E-state index contributed by atoms with van der Waals surface area (Å²) in [6.45, 7) is 4.12. The number of aryl methyl sites for hydroxylation is 2. The molecule has 3 rings (SSSR count). The van der Waals surface area contributed by atoms with E-state index in [2.05, 4.69) is 50.8 Å². The number of benzene rings is 1. The number of aromatic nitrogens is 3. The molecule has 4 heteroatoms. The lowest BCUT2D eigenvalue weighted by Crippen LogP contribution is -1.85. The molecule has 1 aromatic carbocycles. The van der Waals surface area contributed by atoms with Gasteiger partial charge < -0.3 is 4.98 Å². The molecule has 0 aliphatic carbocycles. The highest BCUT2D eigenvalue weighted by molar-refractivity contribution is 9.10. The summed E-state index contributed by atoms with van der Waals surface area (Å²) in [4.78, 5) is 12.2. The molecule has 0 unspecified atom stereocenters. The Morgan fingerprint density at radius 1 is 1.11 bits per heavy atom. The molecule has 18 heavy (non-hydrogen) atoms. The van der Waals surface area contributed by atoms with E-state index in [1.54, 1.807) is 6.20 Å². The lowest BCUT2D eigenvalue weighted by Gasteiger charge is -2.03. The van der Waals surface area contributed by atoms with Crippen LogP contribution in [-0.4, -0.2) is 15.0 Å². The molecule has 0 bridgehead atoms. The fraction of sp³-hybridized carbons (Fsp3) is 0.143. The van der Waals surface area contributed by atoms with Crippen LogP contribution in [0.1, 0.15) is 11.1 Å². The van der Waals surface area contributed by atoms with Gasteiger partial charge in [-0.25, -0.2) is 9.97 Å². The zero-order valence-corrected chi connectivity index (χ0v) is 11.7. The number of aromatic amines is 1.